The molecule has 0 saturated carbocycles. The van der Waals surface area contributed by atoms with Crippen LogP contribution in [0.1, 0.15) is 26.2 Å². The molecule has 2 atom stereocenters. The second kappa shape index (κ2) is 5.06. The lowest BCUT2D eigenvalue weighted by Crippen LogP contribution is -2.56. The van der Waals surface area contributed by atoms with Crippen molar-refractivity contribution in [3.05, 3.63) is 0 Å². The number of hydrogen-bond donors (Lipinski definition) is 0. The van der Waals surface area contributed by atoms with Crippen LogP contribution >= 0.6 is 0 Å². The molecule has 0 amide bonds. The molecule has 0 aliphatic carbocycles. The first-order valence-electron chi connectivity index (χ1n) is 6.30. The summed E-state index contributed by atoms with van der Waals surface area (Å²) in [6, 6.07) is 1.12. The van der Waals surface area contributed by atoms with Crippen molar-refractivity contribution >= 4 is 5.95 Å². The topological polar surface area (TPSA) is 57.1 Å². The Labute approximate surface area is 108 Å². The molecule has 100 valence electrons. The monoisotopic (exact) mass is 253 g/mol. The van der Waals surface area contributed by atoms with Crippen LogP contribution in [-0.2, 0) is 0 Å². The van der Waals surface area contributed by atoms with Crippen LogP contribution in [0.25, 0.3) is 0 Å². The van der Waals surface area contributed by atoms with Gasteiger partial charge in [0.2, 0.25) is 0 Å². The van der Waals surface area contributed by atoms with Gasteiger partial charge in [-0.3, -0.25) is 4.48 Å². The normalized spacial score (nSPS) is 27.9. The summed E-state index contributed by atoms with van der Waals surface area (Å²) in [6.07, 6.45) is 3.65. The fourth-order valence-electron chi connectivity index (χ4n) is 2.42. The van der Waals surface area contributed by atoms with Crippen LogP contribution in [0.4, 0.5) is 5.95 Å². The molecule has 0 radical (unpaired) electrons. The van der Waals surface area contributed by atoms with Crippen molar-refractivity contribution < 1.29 is 9.47 Å². The molecule has 1 saturated heterocycles. The zero-order valence-corrected chi connectivity index (χ0v) is 11.5. The average Bonchev–Trinajstić information content (AvgIpc) is 2.41. The number of nitrogens with zero attached hydrogens (tertiary/aromatic N) is 4. The molecule has 2 heterocycles. The third kappa shape index (κ3) is 2.25. The number of ether oxygens (including phenoxy) is 2. The quantitative estimate of drug-likeness (QED) is 0.762. The molecular weight excluding hydrogens is 232 g/mol. The molecule has 18 heavy (non-hydrogen) atoms. The fraction of sp³-hybridized carbons (Fsp3) is 0.750. The second-order valence-corrected chi connectivity index (χ2v) is 4.95. The highest BCUT2D eigenvalue weighted by molar-refractivity contribution is 5.29. The van der Waals surface area contributed by atoms with Crippen molar-refractivity contribution in [2.45, 2.75) is 32.2 Å². The van der Waals surface area contributed by atoms with E-state index < -0.39 is 0 Å². The standard InChI is InChI=1S/C12H21N4O2/c1-9-7-5-6-8-16(9,2)10-13-11(17-3)15-12(14-10)18-4/h9H,5-8H2,1-4H3/q+1. The lowest BCUT2D eigenvalue weighted by atomic mass is 10.0. The Morgan fingerprint density at radius 2 is 1.67 bits per heavy atom. The summed E-state index contributed by atoms with van der Waals surface area (Å²) in [5.41, 5.74) is 0. The summed E-state index contributed by atoms with van der Waals surface area (Å²) in [5.74, 6) is 0.728. The van der Waals surface area contributed by atoms with Crippen molar-refractivity contribution in [1.82, 2.24) is 19.4 Å². The predicted octanol–water partition coefficient (Wildman–Crippen LogP) is 1.40. The average molecular weight is 253 g/mol. The Morgan fingerprint density at radius 1 is 1.06 bits per heavy atom. The van der Waals surface area contributed by atoms with E-state index in [2.05, 4.69) is 28.9 Å². The molecule has 1 aliphatic rings. The van der Waals surface area contributed by atoms with E-state index in [-0.39, 0.29) is 0 Å². The summed E-state index contributed by atoms with van der Waals surface area (Å²) >= 11 is 0. The van der Waals surface area contributed by atoms with Gasteiger partial charge in [0.25, 0.3) is 0 Å². The highest BCUT2D eigenvalue weighted by Crippen LogP contribution is 2.30. The Hall–Kier alpha value is -1.43. The maximum Gasteiger partial charge on any atom is 0.338 e. The smallest absolute Gasteiger partial charge is 0.338 e. The number of methoxy groups -OCH3 is 2. The van der Waals surface area contributed by atoms with Gasteiger partial charge in [-0.2, -0.15) is 0 Å². The molecule has 1 aliphatic heterocycles. The van der Waals surface area contributed by atoms with E-state index in [1.165, 1.54) is 19.3 Å². The first kappa shape index (κ1) is 13.0. The fourth-order valence-corrected chi connectivity index (χ4v) is 2.42. The Balaban J connectivity index is 2.41. The van der Waals surface area contributed by atoms with Gasteiger partial charge in [-0.1, -0.05) is 0 Å². The van der Waals surface area contributed by atoms with Crippen molar-refractivity contribution in [3.63, 3.8) is 0 Å². The zero-order valence-electron chi connectivity index (χ0n) is 11.5. The maximum atomic E-state index is 5.12. The molecule has 0 N–H and O–H groups in total. The number of likely N-dealkylation sites (tertiary alicyclic amines) is 1. The molecule has 6 nitrogen and oxygen atoms in total. The van der Waals surface area contributed by atoms with Gasteiger partial charge in [-0.25, -0.2) is 0 Å². The highest BCUT2D eigenvalue weighted by atomic mass is 16.5. The van der Waals surface area contributed by atoms with E-state index in [0.29, 0.717) is 18.1 Å². The summed E-state index contributed by atoms with van der Waals surface area (Å²) in [6.45, 7) is 3.28. The van der Waals surface area contributed by atoms with Crippen LogP contribution in [-0.4, -0.2) is 48.8 Å². The minimum Gasteiger partial charge on any atom is -0.466 e. The van der Waals surface area contributed by atoms with Crippen molar-refractivity contribution in [1.29, 1.82) is 0 Å². The van der Waals surface area contributed by atoms with Crippen LogP contribution in [0.15, 0.2) is 0 Å². The van der Waals surface area contributed by atoms with Crippen LogP contribution in [0, 0.1) is 0 Å². The van der Waals surface area contributed by atoms with E-state index in [1.807, 2.05) is 0 Å². The lowest BCUT2D eigenvalue weighted by molar-refractivity contribution is 0.186. The van der Waals surface area contributed by atoms with Gasteiger partial charge in [-0.05, 0) is 26.2 Å². The van der Waals surface area contributed by atoms with Crippen molar-refractivity contribution in [2.75, 3.05) is 27.8 Å². The maximum absolute atomic E-state index is 5.12. The summed E-state index contributed by atoms with van der Waals surface area (Å²) in [5, 5.41) is 0. The molecular formula is C12H21N4O2+. The van der Waals surface area contributed by atoms with Crippen LogP contribution < -0.4 is 14.0 Å². The van der Waals surface area contributed by atoms with Crippen LogP contribution in [0.3, 0.4) is 0 Å². The third-order valence-corrected chi connectivity index (χ3v) is 3.87. The van der Waals surface area contributed by atoms with E-state index in [4.69, 9.17) is 9.47 Å². The van der Waals surface area contributed by atoms with Crippen molar-refractivity contribution in [3.8, 4) is 12.0 Å². The van der Waals surface area contributed by atoms with E-state index >= 15 is 0 Å². The van der Waals surface area contributed by atoms with Gasteiger partial charge < -0.3 is 9.47 Å². The summed E-state index contributed by atoms with van der Waals surface area (Å²) in [4.78, 5) is 12.8. The third-order valence-electron chi connectivity index (χ3n) is 3.87. The minimum absolute atomic E-state index is 0.314. The van der Waals surface area contributed by atoms with Gasteiger partial charge in [0, 0.05) is 0 Å². The molecule has 0 bridgehead atoms. The van der Waals surface area contributed by atoms with Gasteiger partial charge in [0.05, 0.1) is 33.9 Å². The molecule has 2 rings (SSSR count). The SMILES string of the molecule is COc1nc(OC)nc([N+]2(C)CCCCC2C)n1. The molecule has 6 heteroatoms. The first-order chi connectivity index (χ1) is 8.60. The van der Waals surface area contributed by atoms with Gasteiger partial charge in [0.1, 0.15) is 0 Å². The number of hydrogen-bond acceptors (Lipinski definition) is 5. The number of quaternary nitrogens is 1. The molecule has 1 aromatic heterocycles. The van der Waals surface area contributed by atoms with Crippen LogP contribution in [0.2, 0.25) is 0 Å². The van der Waals surface area contributed by atoms with Crippen molar-refractivity contribution in [2.24, 2.45) is 0 Å². The Bertz CT molecular complexity index is 404. The Kier molecular flexibility index (Phi) is 3.65. The molecule has 1 fully saturated rings. The van der Waals surface area contributed by atoms with E-state index in [0.717, 1.165) is 17.0 Å². The first-order valence-corrected chi connectivity index (χ1v) is 6.30. The largest absolute Gasteiger partial charge is 0.466 e. The summed E-state index contributed by atoms with van der Waals surface area (Å²) < 4.78 is 10.9. The lowest BCUT2D eigenvalue weighted by Gasteiger charge is -2.40. The second-order valence-electron chi connectivity index (χ2n) is 4.95. The number of piperidine rings is 1. The van der Waals surface area contributed by atoms with Gasteiger partial charge in [0.15, 0.2) is 0 Å². The number of rotatable bonds is 3. The molecule has 0 aromatic carbocycles. The highest BCUT2D eigenvalue weighted by Gasteiger charge is 2.38. The van der Waals surface area contributed by atoms with Gasteiger partial charge in [-0.15, -0.1) is 15.0 Å². The zero-order chi connectivity index (χ0) is 13.2. The molecule has 0 spiro atoms. The van der Waals surface area contributed by atoms with Crippen LogP contribution in [0.5, 0.6) is 12.0 Å². The van der Waals surface area contributed by atoms with E-state index in [9.17, 15) is 0 Å². The number of aromatic nitrogens is 3. The minimum atomic E-state index is 0.314. The Morgan fingerprint density at radius 3 is 2.17 bits per heavy atom. The van der Waals surface area contributed by atoms with E-state index in [1.54, 1.807) is 14.2 Å². The predicted molar refractivity (Wildman–Crippen MR) is 68.8 cm³/mol. The molecule has 1 aromatic rings. The van der Waals surface area contributed by atoms with Gasteiger partial charge >= 0.3 is 18.0 Å². The molecule has 2 unspecified atom stereocenters. The summed E-state index contributed by atoms with van der Waals surface area (Å²) in [7, 11) is 5.27.